The van der Waals surface area contributed by atoms with Crippen LogP contribution in [0.1, 0.15) is 148 Å². The van der Waals surface area contributed by atoms with E-state index in [-0.39, 0.29) is 18.7 Å². The Hall–Kier alpha value is -2.24. The van der Waals surface area contributed by atoms with Gasteiger partial charge in [0.15, 0.2) is 12.3 Å². The first-order valence-electron chi connectivity index (χ1n) is 20.0. The number of aliphatic hydroxyl groups excluding tert-OH is 2. The Labute approximate surface area is 330 Å². The Morgan fingerprint density at radius 3 is 1.82 bits per heavy atom. The molecule has 2 rings (SSSR count). The molecule has 2 heterocycles. The Morgan fingerprint density at radius 1 is 0.786 bits per heavy atom. The normalized spacial score (nSPS) is 21.0. The van der Waals surface area contributed by atoms with Gasteiger partial charge in [-0.3, -0.25) is 23.2 Å². The van der Waals surface area contributed by atoms with Crippen molar-refractivity contribution in [3.8, 4) is 0 Å². The molecule has 1 aromatic rings. The van der Waals surface area contributed by atoms with Crippen molar-refractivity contribution < 1.29 is 66.3 Å². The number of unbranched alkanes of at least 4 members (excludes halogenated alkanes) is 16. The van der Waals surface area contributed by atoms with Crippen molar-refractivity contribution in [3.05, 3.63) is 22.7 Å². The third-order valence-electron chi connectivity index (χ3n) is 9.19. The van der Waals surface area contributed by atoms with Crippen LogP contribution in [0.4, 0.5) is 5.82 Å². The highest BCUT2D eigenvalue weighted by Gasteiger charge is 2.46. The predicted molar refractivity (Wildman–Crippen MR) is 206 cm³/mol. The van der Waals surface area contributed by atoms with Crippen molar-refractivity contribution >= 4 is 33.4 Å². The molecule has 324 valence electrons. The van der Waals surface area contributed by atoms with Gasteiger partial charge >= 0.3 is 33.3 Å². The van der Waals surface area contributed by atoms with Crippen LogP contribution >= 0.6 is 15.6 Å². The largest absolute Gasteiger partial charge is 0.481 e. The molecule has 0 bridgehead atoms. The number of rotatable bonds is 32. The van der Waals surface area contributed by atoms with Crippen LogP contribution in [0.2, 0.25) is 0 Å². The Morgan fingerprint density at radius 2 is 1.29 bits per heavy atom. The van der Waals surface area contributed by atoms with E-state index in [1.54, 1.807) is 0 Å². The van der Waals surface area contributed by atoms with E-state index in [2.05, 4.69) is 23.1 Å². The molecule has 7 unspecified atom stereocenters. The summed E-state index contributed by atoms with van der Waals surface area (Å²) in [6.45, 7) is 2.06. The zero-order valence-electron chi connectivity index (χ0n) is 33.0. The van der Waals surface area contributed by atoms with Crippen molar-refractivity contribution in [2.75, 3.05) is 25.6 Å². The molecule has 0 saturated carbocycles. The Balaban J connectivity index is 1.88. The Bertz CT molecular complexity index is 1430. The van der Waals surface area contributed by atoms with Gasteiger partial charge in [0.2, 0.25) is 0 Å². The fourth-order valence-corrected chi connectivity index (χ4v) is 8.13. The average Bonchev–Trinajstić information content (AvgIpc) is 3.42. The van der Waals surface area contributed by atoms with Crippen molar-refractivity contribution in [1.82, 2.24) is 9.55 Å². The highest BCUT2D eigenvalue weighted by Crippen LogP contribution is 2.60. The lowest BCUT2D eigenvalue weighted by Crippen LogP contribution is -2.36. The molecule has 1 aliphatic rings. The molecule has 0 spiro atoms. The van der Waals surface area contributed by atoms with Gasteiger partial charge in [0.05, 0.1) is 13.2 Å². The maximum Gasteiger partial charge on any atom is 0.481 e. The molecule has 0 radical (unpaired) electrons. The van der Waals surface area contributed by atoms with Crippen LogP contribution < -0.4 is 11.4 Å². The summed E-state index contributed by atoms with van der Waals surface area (Å²) in [5.74, 6) is -1.29. The van der Waals surface area contributed by atoms with Crippen molar-refractivity contribution in [3.63, 3.8) is 0 Å². The smallest absolute Gasteiger partial charge is 0.462 e. The standard InChI is InChI=1S/C36H65N3O15P2/c1-3-5-7-9-11-13-15-17-19-21-31(40)49-25-28(52-32(41)22-20-18-16-14-12-10-8-6-4-2)26-50-55(45,46)54-56(47,48)51-27-29-33(42)34(43)35(53-29)39-24-23-30(37)38-36(39)44/h23-24,28-29,33-35,42-43H,3-22,25-27H2,1-2H3,(H,45,46)(H,47,48)(H2,37,38,44). The van der Waals surface area contributed by atoms with Gasteiger partial charge in [-0.05, 0) is 18.9 Å². The summed E-state index contributed by atoms with van der Waals surface area (Å²) in [4.78, 5) is 61.2. The Kier molecular flexibility index (Phi) is 24.5. The quantitative estimate of drug-likeness (QED) is 0.0317. The van der Waals surface area contributed by atoms with Crippen LogP contribution in [0.25, 0.3) is 0 Å². The fraction of sp³-hybridized carbons (Fsp3) is 0.833. The summed E-state index contributed by atoms with van der Waals surface area (Å²) in [6.07, 6.45) is 12.5. The lowest BCUT2D eigenvalue weighted by Gasteiger charge is -2.21. The van der Waals surface area contributed by atoms with Gasteiger partial charge in [-0.2, -0.15) is 9.29 Å². The van der Waals surface area contributed by atoms with Crippen LogP contribution in [0, 0.1) is 0 Å². The molecule has 56 heavy (non-hydrogen) atoms. The van der Waals surface area contributed by atoms with Crippen LogP contribution in [0.5, 0.6) is 0 Å². The van der Waals surface area contributed by atoms with Crippen molar-refractivity contribution in [2.45, 2.75) is 173 Å². The molecule has 6 N–H and O–H groups in total. The second-order valence-corrected chi connectivity index (χ2v) is 17.2. The van der Waals surface area contributed by atoms with Crippen LogP contribution in [-0.4, -0.2) is 85.7 Å². The molecule has 20 heteroatoms. The number of ether oxygens (including phenoxy) is 3. The maximum absolute atomic E-state index is 12.7. The number of hydrogen-bond acceptors (Lipinski definition) is 15. The minimum Gasteiger partial charge on any atom is -0.462 e. The number of phosphoric ester groups is 2. The number of carbonyl (C=O) groups excluding carboxylic acids is 2. The number of anilines is 1. The van der Waals surface area contributed by atoms with E-state index in [1.165, 1.54) is 57.4 Å². The first kappa shape index (κ1) is 49.9. The topological polar surface area (TPSA) is 265 Å². The van der Waals surface area contributed by atoms with E-state index in [0.29, 0.717) is 12.8 Å². The zero-order chi connectivity index (χ0) is 41.4. The van der Waals surface area contributed by atoms with Gasteiger partial charge < -0.3 is 39.9 Å². The van der Waals surface area contributed by atoms with E-state index in [0.717, 1.165) is 62.1 Å². The predicted octanol–water partition coefficient (Wildman–Crippen LogP) is 5.99. The van der Waals surface area contributed by atoms with E-state index < -0.39 is 83.7 Å². The summed E-state index contributed by atoms with van der Waals surface area (Å²) in [5, 5.41) is 20.8. The van der Waals surface area contributed by atoms with Crippen LogP contribution in [-0.2, 0) is 46.3 Å². The molecule has 0 aromatic carbocycles. The van der Waals surface area contributed by atoms with Gasteiger partial charge in [-0.1, -0.05) is 117 Å². The van der Waals surface area contributed by atoms with Gasteiger partial charge in [0.1, 0.15) is 30.7 Å². The fourth-order valence-electron chi connectivity index (χ4n) is 6.02. The van der Waals surface area contributed by atoms with Crippen LogP contribution in [0.15, 0.2) is 17.1 Å². The molecule has 7 atom stereocenters. The lowest BCUT2D eigenvalue weighted by atomic mass is 10.1. The number of aliphatic hydroxyl groups is 2. The molecular formula is C36H65N3O15P2. The molecular weight excluding hydrogens is 776 g/mol. The summed E-state index contributed by atoms with van der Waals surface area (Å²) < 4.78 is 56.2. The molecule has 0 amide bonds. The number of hydrogen-bond donors (Lipinski definition) is 5. The first-order chi connectivity index (χ1) is 26.7. The third kappa shape index (κ3) is 21.0. The third-order valence-corrected chi connectivity index (χ3v) is 11.8. The van der Waals surface area contributed by atoms with Crippen molar-refractivity contribution in [2.24, 2.45) is 0 Å². The average molecular weight is 842 g/mol. The van der Waals surface area contributed by atoms with E-state index in [9.17, 15) is 43.5 Å². The first-order valence-corrected chi connectivity index (χ1v) is 23.0. The second-order valence-electron chi connectivity index (χ2n) is 14.2. The number of aromatic nitrogens is 2. The van der Waals surface area contributed by atoms with E-state index >= 15 is 0 Å². The molecule has 1 fully saturated rings. The summed E-state index contributed by atoms with van der Waals surface area (Å²) in [5.41, 5.74) is 4.56. The van der Waals surface area contributed by atoms with Gasteiger partial charge in [0, 0.05) is 19.0 Å². The van der Waals surface area contributed by atoms with E-state index in [4.69, 9.17) is 29.0 Å². The lowest BCUT2D eigenvalue weighted by molar-refractivity contribution is -0.161. The summed E-state index contributed by atoms with van der Waals surface area (Å²) in [7, 11) is -10.8. The van der Waals surface area contributed by atoms with E-state index in [1.807, 2.05) is 0 Å². The number of esters is 2. The number of phosphoric acid groups is 2. The second kappa shape index (κ2) is 27.4. The molecule has 18 nitrogen and oxygen atoms in total. The summed E-state index contributed by atoms with van der Waals surface area (Å²) in [6, 6.07) is 1.24. The number of carbonyl (C=O) groups is 2. The maximum atomic E-state index is 12.7. The number of nitrogens with zero attached hydrogens (tertiary/aromatic N) is 2. The zero-order valence-corrected chi connectivity index (χ0v) is 34.7. The highest BCUT2D eigenvalue weighted by atomic mass is 31.3. The molecule has 1 saturated heterocycles. The van der Waals surface area contributed by atoms with Gasteiger partial charge in [-0.15, -0.1) is 0 Å². The number of nitrogen functional groups attached to an aromatic ring is 1. The summed E-state index contributed by atoms with van der Waals surface area (Å²) >= 11 is 0. The van der Waals surface area contributed by atoms with Gasteiger partial charge in [0.25, 0.3) is 0 Å². The SMILES string of the molecule is CCCCCCCCCCCC(=O)OCC(COP(=O)(O)OP(=O)(O)OCC1OC(n2ccc(N)nc2=O)C(O)C1O)OC(=O)CCCCCCCCCCC. The molecule has 0 aliphatic carbocycles. The van der Waals surface area contributed by atoms with Crippen LogP contribution in [0.3, 0.4) is 0 Å². The molecule has 1 aromatic heterocycles. The minimum atomic E-state index is -5.40. The van der Waals surface area contributed by atoms with Crippen molar-refractivity contribution in [1.29, 1.82) is 0 Å². The minimum absolute atomic E-state index is 0.0554. The van der Waals surface area contributed by atoms with Gasteiger partial charge in [-0.25, -0.2) is 13.9 Å². The highest BCUT2D eigenvalue weighted by molar-refractivity contribution is 7.61. The number of nitrogens with two attached hydrogens (primary N) is 1. The molecule has 1 aliphatic heterocycles. The monoisotopic (exact) mass is 841 g/mol.